The molecule has 0 unspecified atom stereocenters. The van der Waals surface area contributed by atoms with Crippen molar-refractivity contribution in [2.75, 3.05) is 19.5 Å². The molecule has 146 valence electrons. The maximum atomic E-state index is 12.7. The molecule has 29 heavy (non-hydrogen) atoms. The van der Waals surface area contributed by atoms with Gasteiger partial charge in [-0.15, -0.1) is 0 Å². The topological polar surface area (TPSA) is 65.4 Å². The average molecular weight is 408 g/mol. The lowest BCUT2D eigenvalue weighted by Crippen LogP contribution is -2.13. The molecule has 0 spiro atoms. The van der Waals surface area contributed by atoms with Gasteiger partial charge in [-0.3, -0.25) is 9.36 Å². The van der Waals surface area contributed by atoms with Gasteiger partial charge in [-0.25, -0.2) is 4.98 Å². The van der Waals surface area contributed by atoms with Gasteiger partial charge in [0, 0.05) is 17.3 Å². The normalized spacial score (nSPS) is 10.7. The Morgan fingerprint density at radius 3 is 2.45 bits per heavy atom. The first-order chi connectivity index (χ1) is 14.1. The van der Waals surface area contributed by atoms with Gasteiger partial charge < -0.3 is 14.8 Å². The Morgan fingerprint density at radius 1 is 1.00 bits per heavy atom. The molecule has 0 aliphatic carbocycles. The molecule has 1 amide bonds. The monoisotopic (exact) mass is 407 g/mol. The Labute approximate surface area is 172 Å². The number of methoxy groups -OCH3 is 2. The molecular weight excluding hydrogens is 390 g/mol. The molecule has 0 bridgehead atoms. The molecule has 7 heteroatoms. The van der Waals surface area contributed by atoms with Gasteiger partial charge in [-0.05, 0) is 42.5 Å². The second-order valence-electron chi connectivity index (χ2n) is 6.29. The average Bonchev–Trinajstić information content (AvgIpc) is 3.18. The number of carbonyl (C=O) groups excluding carboxylic acids is 1. The van der Waals surface area contributed by atoms with E-state index >= 15 is 0 Å². The molecule has 6 nitrogen and oxygen atoms in total. The number of benzene rings is 3. The molecule has 0 aliphatic rings. The molecule has 3 aromatic carbocycles. The van der Waals surface area contributed by atoms with Gasteiger partial charge in [0.1, 0.15) is 17.8 Å². The van der Waals surface area contributed by atoms with Crippen molar-refractivity contribution in [3.63, 3.8) is 0 Å². The molecule has 0 fully saturated rings. The quantitative estimate of drug-likeness (QED) is 0.508. The van der Waals surface area contributed by atoms with E-state index in [2.05, 4.69) is 10.3 Å². The van der Waals surface area contributed by atoms with Crippen LogP contribution in [0.5, 0.6) is 11.5 Å². The van der Waals surface area contributed by atoms with Crippen molar-refractivity contribution in [3.05, 3.63) is 77.6 Å². The van der Waals surface area contributed by atoms with Crippen LogP contribution in [0.25, 0.3) is 16.7 Å². The lowest BCUT2D eigenvalue weighted by molar-refractivity contribution is 0.102. The predicted molar refractivity (Wildman–Crippen MR) is 114 cm³/mol. The van der Waals surface area contributed by atoms with Crippen LogP contribution in [0.3, 0.4) is 0 Å². The standard InChI is InChI=1S/C22H18ClN3O3/c1-28-20-12-21(29-2)18(11-16(20)23)25-22(27)14-7-9-15(10-8-14)26-13-24-17-5-3-4-6-19(17)26/h3-13H,1-2H3,(H,25,27). The zero-order valence-electron chi connectivity index (χ0n) is 15.8. The number of rotatable bonds is 5. The molecule has 4 aromatic rings. The van der Waals surface area contributed by atoms with E-state index in [1.807, 2.05) is 41.0 Å². The zero-order valence-corrected chi connectivity index (χ0v) is 16.6. The van der Waals surface area contributed by atoms with E-state index in [4.69, 9.17) is 21.1 Å². The van der Waals surface area contributed by atoms with E-state index in [-0.39, 0.29) is 5.91 Å². The summed E-state index contributed by atoms with van der Waals surface area (Å²) in [5.41, 5.74) is 3.81. The molecule has 0 saturated carbocycles. The third-order valence-electron chi connectivity index (χ3n) is 4.58. The summed E-state index contributed by atoms with van der Waals surface area (Å²) in [6.45, 7) is 0. The molecule has 1 aromatic heterocycles. The molecule has 0 radical (unpaired) electrons. The summed E-state index contributed by atoms with van der Waals surface area (Å²) < 4.78 is 12.5. The van der Waals surface area contributed by atoms with Crippen LogP contribution in [0.2, 0.25) is 5.02 Å². The number of halogens is 1. The van der Waals surface area contributed by atoms with Crippen LogP contribution >= 0.6 is 11.6 Å². The van der Waals surface area contributed by atoms with E-state index in [0.29, 0.717) is 27.8 Å². The molecule has 4 rings (SSSR count). The van der Waals surface area contributed by atoms with Crippen LogP contribution < -0.4 is 14.8 Å². The number of anilines is 1. The molecular formula is C22H18ClN3O3. The minimum Gasteiger partial charge on any atom is -0.495 e. The van der Waals surface area contributed by atoms with Crippen molar-refractivity contribution in [1.82, 2.24) is 9.55 Å². The number of nitrogens with one attached hydrogen (secondary N) is 1. The van der Waals surface area contributed by atoms with Crippen molar-refractivity contribution in [2.45, 2.75) is 0 Å². The Kier molecular flexibility index (Phi) is 5.10. The highest BCUT2D eigenvalue weighted by molar-refractivity contribution is 6.32. The van der Waals surface area contributed by atoms with Gasteiger partial charge in [0.05, 0.1) is 36.0 Å². The number of fused-ring (bicyclic) bond motifs is 1. The van der Waals surface area contributed by atoms with Gasteiger partial charge in [-0.2, -0.15) is 0 Å². The molecule has 0 saturated heterocycles. The third-order valence-corrected chi connectivity index (χ3v) is 4.88. The van der Waals surface area contributed by atoms with Gasteiger partial charge >= 0.3 is 0 Å². The fourth-order valence-corrected chi connectivity index (χ4v) is 3.33. The van der Waals surface area contributed by atoms with Crippen molar-refractivity contribution >= 4 is 34.2 Å². The second-order valence-corrected chi connectivity index (χ2v) is 6.70. The highest BCUT2D eigenvalue weighted by atomic mass is 35.5. The van der Waals surface area contributed by atoms with Crippen LogP contribution in [-0.4, -0.2) is 29.7 Å². The van der Waals surface area contributed by atoms with Crippen LogP contribution in [0.4, 0.5) is 5.69 Å². The first kappa shape index (κ1) is 18.8. The number of imidazole rings is 1. The van der Waals surface area contributed by atoms with E-state index in [1.165, 1.54) is 14.2 Å². The SMILES string of the molecule is COc1cc(OC)c(NC(=O)c2ccc(-n3cnc4ccccc43)cc2)cc1Cl. The van der Waals surface area contributed by atoms with Crippen LogP contribution in [0.1, 0.15) is 10.4 Å². The Bertz CT molecular complexity index is 1190. The molecule has 1 N–H and O–H groups in total. The third kappa shape index (κ3) is 3.62. The maximum Gasteiger partial charge on any atom is 0.255 e. The number of para-hydroxylation sites is 2. The van der Waals surface area contributed by atoms with Crippen molar-refractivity contribution in [1.29, 1.82) is 0 Å². The molecule has 0 atom stereocenters. The van der Waals surface area contributed by atoms with Crippen molar-refractivity contribution in [3.8, 4) is 17.2 Å². The van der Waals surface area contributed by atoms with Gasteiger partial charge in [0.15, 0.2) is 0 Å². The van der Waals surface area contributed by atoms with Crippen molar-refractivity contribution < 1.29 is 14.3 Å². The number of carbonyl (C=O) groups is 1. The maximum absolute atomic E-state index is 12.7. The number of aromatic nitrogens is 2. The highest BCUT2D eigenvalue weighted by Gasteiger charge is 2.14. The van der Waals surface area contributed by atoms with E-state index in [0.717, 1.165) is 16.7 Å². The number of amides is 1. The number of nitrogens with zero attached hydrogens (tertiary/aromatic N) is 2. The Morgan fingerprint density at radius 2 is 1.72 bits per heavy atom. The second kappa shape index (κ2) is 7.85. The first-order valence-electron chi connectivity index (χ1n) is 8.86. The first-order valence-corrected chi connectivity index (χ1v) is 9.24. The number of hydrogen-bond donors (Lipinski definition) is 1. The predicted octanol–water partition coefficient (Wildman–Crippen LogP) is 4.95. The van der Waals surface area contributed by atoms with Crippen LogP contribution in [0, 0.1) is 0 Å². The molecule has 0 aliphatic heterocycles. The van der Waals surface area contributed by atoms with Gasteiger partial charge in [0.2, 0.25) is 0 Å². The summed E-state index contributed by atoms with van der Waals surface area (Å²) in [4.78, 5) is 17.1. The Hall–Kier alpha value is -3.51. The summed E-state index contributed by atoms with van der Waals surface area (Å²) in [6, 6.07) is 18.4. The Balaban J connectivity index is 1.58. The molecule has 1 heterocycles. The fraction of sp³-hybridized carbons (Fsp3) is 0.0909. The van der Waals surface area contributed by atoms with E-state index < -0.39 is 0 Å². The largest absolute Gasteiger partial charge is 0.495 e. The summed E-state index contributed by atoms with van der Waals surface area (Å²) in [5.74, 6) is 0.658. The van der Waals surface area contributed by atoms with Gasteiger partial charge in [0.25, 0.3) is 5.91 Å². The lowest BCUT2D eigenvalue weighted by Gasteiger charge is -2.13. The van der Waals surface area contributed by atoms with E-state index in [9.17, 15) is 4.79 Å². The summed E-state index contributed by atoms with van der Waals surface area (Å²) in [7, 11) is 3.03. The van der Waals surface area contributed by atoms with Gasteiger partial charge in [-0.1, -0.05) is 23.7 Å². The fourth-order valence-electron chi connectivity index (χ4n) is 3.09. The van der Waals surface area contributed by atoms with Crippen LogP contribution in [-0.2, 0) is 0 Å². The van der Waals surface area contributed by atoms with Crippen molar-refractivity contribution in [2.24, 2.45) is 0 Å². The highest BCUT2D eigenvalue weighted by Crippen LogP contribution is 2.36. The minimum atomic E-state index is -0.272. The minimum absolute atomic E-state index is 0.272. The summed E-state index contributed by atoms with van der Waals surface area (Å²) in [5, 5.41) is 3.21. The summed E-state index contributed by atoms with van der Waals surface area (Å²) >= 11 is 6.17. The number of ether oxygens (including phenoxy) is 2. The number of hydrogen-bond acceptors (Lipinski definition) is 4. The smallest absolute Gasteiger partial charge is 0.255 e. The van der Waals surface area contributed by atoms with E-state index in [1.54, 1.807) is 30.6 Å². The van der Waals surface area contributed by atoms with Crippen LogP contribution in [0.15, 0.2) is 67.0 Å². The zero-order chi connectivity index (χ0) is 20.4. The lowest BCUT2D eigenvalue weighted by atomic mass is 10.1. The summed E-state index contributed by atoms with van der Waals surface area (Å²) in [6.07, 6.45) is 1.77.